The fraction of sp³-hybridized carbons (Fsp3) is 0.300. The highest BCUT2D eigenvalue weighted by atomic mass is 16.5. The number of hydrogen-bond donors (Lipinski definition) is 1. The molecule has 4 rings (SSSR count). The van der Waals surface area contributed by atoms with Crippen LogP contribution in [0.25, 0.3) is 0 Å². The van der Waals surface area contributed by atoms with E-state index in [1.165, 1.54) is 0 Å². The maximum absolute atomic E-state index is 12.6. The largest absolute Gasteiger partial charge is 0.457 e. The average molecular weight is 501 g/mol. The van der Waals surface area contributed by atoms with Crippen molar-refractivity contribution in [2.75, 3.05) is 23.4 Å². The summed E-state index contributed by atoms with van der Waals surface area (Å²) in [7, 11) is 0. The number of rotatable bonds is 8. The van der Waals surface area contributed by atoms with E-state index in [-0.39, 0.29) is 18.9 Å². The van der Waals surface area contributed by atoms with Crippen LogP contribution in [-0.4, -0.2) is 30.9 Å². The maximum Gasteiger partial charge on any atom is 0.311 e. The first-order valence-electron chi connectivity index (χ1n) is 12.4. The minimum atomic E-state index is -0.628. The maximum atomic E-state index is 12.6. The van der Waals surface area contributed by atoms with Crippen LogP contribution >= 0.6 is 0 Å². The van der Waals surface area contributed by atoms with Crippen molar-refractivity contribution >= 4 is 29.2 Å². The van der Waals surface area contributed by atoms with Crippen LogP contribution in [-0.2, 0) is 19.1 Å². The Bertz CT molecular complexity index is 1280. The lowest BCUT2D eigenvalue weighted by Crippen LogP contribution is -2.28. The molecule has 3 aromatic carbocycles. The number of esters is 1. The molecule has 0 spiro atoms. The van der Waals surface area contributed by atoms with Crippen molar-refractivity contribution in [1.82, 2.24) is 0 Å². The van der Waals surface area contributed by atoms with Gasteiger partial charge in [-0.1, -0.05) is 43.7 Å². The van der Waals surface area contributed by atoms with Gasteiger partial charge in [0.05, 0.1) is 5.92 Å². The first-order valence-corrected chi connectivity index (χ1v) is 12.4. The van der Waals surface area contributed by atoms with Crippen molar-refractivity contribution in [2.24, 2.45) is 5.92 Å². The van der Waals surface area contributed by atoms with Gasteiger partial charge < -0.3 is 19.7 Å². The number of amides is 2. The molecule has 0 radical (unpaired) electrons. The van der Waals surface area contributed by atoms with E-state index in [0.29, 0.717) is 23.0 Å². The Kier molecular flexibility index (Phi) is 7.92. The summed E-state index contributed by atoms with van der Waals surface area (Å²) in [6.07, 6.45) is 0.0394. The van der Waals surface area contributed by atoms with Gasteiger partial charge in [-0.25, -0.2) is 0 Å². The number of hydrogen-bond acceptors (Lipinski definition) is 5. The van der Waals surface area contributed by atoms with Crippen LogP contribution < -0.4 is 15.0 Å². The molecule has 1 N–H and O–H groups in total. The predicted molar refractivity (Wildman–Crippen MR) is 143 cm³/mol. The number of aryl methyl sites for hydroxylation is 2. The lowest BCUT2D eigenvalue weighted by Gasteiger charge is -2.18. The van der Waals surface area contributed by atoms with E-state index in [9.17, 15) is 14.4 Å². The van der Waals surface area contributed by atoms with Crippen LogP contribution in [0.1, 0.15) is 42.9 Å². The van der Waals surface area contributed by atoms with Crippen molar-refractivity contribution in [2.45, 2.75) is 40.0 Å². The topological polar surface area (TPSA) is 84.9 Å². The normalized spacial score (nSPS) is 15.1. The molecule has 2 amide bonds. The highest BCUT2D eigenvalue weighted by molar-refractivity contribution is 6.00. The molecule has 1 heterocycles. The van der Waals surface area contributed by atoms with E-state index < -0.39 is 24.4 Å². The Balaban J connectivity index is 1.32. The molecule has 1 aliphatic rings. The number of nitrogens with zero attached hydrogens (tertiary/aromatic N) is 1. The van der Waals surface area contributed by atoms with E-state index in [2.05, 4.69) is 31.3 Å². The molecule has 0 aliphatic carbocycles. The van der Waals surface area contributed by atoms with Crippen LogP contribution in [0.3, 0.4) is 0 Å². The number of anilines is 2. The number of ether oxygens (including phenoxy) is 2. The Morgan fingerprint density at radius 3 is 2.32 bits per heavy atom. The van der Waals surface area contributed by atoms with Crippen LogP contribution in [0.4, 0.5) is 11.4 Å². The summed E-state index contributed by atoms with van der Waals surface area (Å²) in [5.74, 6) is 0.0193. The Morgan fingerprint density at radius 1 is 0.973 bits per heavy atom. The van der Waals surface area contributed by atoms with Crippen LogP contribution in [0.5, 0.6) is 11.5 Å². The number of nitrogens with one attached hydrogen (secondary N) is 1. The molecule has 0 bridgehead atoms. The lowest BCUT2D eigenvalue weighted by atomic mass is 10.0. The highest BCUT2D eigenvalue weighted by Gasteiger charge is 2.36. The van der Waals surface area contributed by atoms with Gasteiger partial charge in [0.25, 0.3) is 5.91 Å². The third kappa shape index (κ3) is 6.55. The highest BCUT2D eigenvalue weighted by Crippen LogP contribution is 2.33. The second kappa shape index (κ2) is 11.3. The predicted octanol–water partition coefficient (Wildman–Crippen LogP) is 5.75. The summed E-state index contributed by atoms with van der Waals surface area (Å²) in [4.78, 5) is 38.9. The van der Waals surface area contributed by atoms with Gasteiger partial charge in [-0.15, -0.1) is 0 Å². The Morgan fingerprint density at radius 2 is 1.65 bits per heavy atom. The molecule has 7 nitrogen and oxygen atoms in total. The van der Waals surface area contributed by atoms with Crippen LogP contribution in [0.2, 0.25) is 0 Å². The number of benzene rings is 3. The van der Waals surface area contributed by atoms with Gasteiger partial charge in [-0.05, 0) is 73.4 Å². The molecule has 192 valence electrons. The zero-order valence-electron chi connectivity index (χ0n) is 21.6. The molecular formula is C30H32N2O5. The minimum absolute atomic E-state index is 0.0394. The van der Waals surface area contributed by atoms with Crippen molar-refractivity contribution in [3.05, 3.63) is 83.4 Å². The average Bonchev–Trinajstić information content (AvgIpc) is 3.26. The smallest absolute Gasteiger partial charge is 0.311 e. The van der Waals surface area contributed by atoms with Crippen molar-refractivity contribution in [3.63, 3.8) is 0 Å². The minimum Gasteiger partial charge on any atom is -0.457 e. The summed E-state index contributed by atoms with van der Waals surface area (Å²) in [6, 6.07) is 20.7. The van der Waals surface area contributed by atoms with Gasteiger partial charge in [0, 0.05) is 24.3 Å². The van der Waals surface area contributed by atoms with Gasteiger partial charge in [-0.3, -0.25) is 14.4 Å². The number of carbonyl (C=O) groups excluding carboxylic acids is 3. The molecule has 0 saturated carbocycles. The van der Waals surface area contributed by atoms with Crippen LogP contribution in [0, 0.1) is 19.8 Å². The molecule has 0 aromatic heterocycles. The van der Waals surface area contributed by atoms with Gasteiger partial charge in [0.15, 0.2) is 6.61 Å². The molecule has 1 aliphatic heterocycles. The second-order valence-electron chi connectivity index (χ2n) is 9.72. The molecule has 0 unspecified atom stereocenters. The summed E-state index contributed by atoms with van der Waals surface area (Å²) < 4.78 is 11.3. The Labute approximate surface area is 217 Å². The fourth-order valence-corrected chi connectivity index (χ4v) is 4.23. The molecule has 1 saturated heterocycles. The van der Waals surface area contributed by atoms with Crippen LogP contribution in [0.15, 0.2) is 66.7 Å². The zero-order valence-corrected chi connectivity index (χ0v) is 21.6. The quantitative estimate of drug-likeness (QED) is 0.398. The van der Waals surface area contributed by atoms with Gasteiger partial charge in [0.1, 0.15) is 11.5 Å². The van der Waals surface area contributed by atoms with Gasteiger partial charge in [-0.2, -0.15) is 0 Å². The van der Waals surface area contributed by atoms with E-state index in [1.807, 2.05) is 44.2 Å². The summed E-state index contributed by atoms with van der Waals surface area (Å²) in [5.41, 5.74) is 4.62. The van der Waals surface area contributed by atoms with Gasteiger partial charge >= 0.3 is 5.97 Å². The third-order valence-electron chi connectivity index (χ3n) is 6.31. The van der Waals surface area contributed by atoms with Crippen molar-refractivity contribution < 1.29 is 23.9 Å². The molecule has 1 fully saturated rings. The van der Waals surface area contributed by atoms with E-state index in [1.54, 1.807) is 29.2 Å². The molecular weight excluding hydrogens is 468 g/mol. The van der Waals surface area contributed by atoms with Crippen molar-refractivity contribution in [3.8, 4) is 11.5 Å². The monoisotopic (exact) mass is 500 g/mol. The zero-order chi connectivity index (χ0) is 26.5. The van der Waals surface area contributed by atoms with E-state index >= 15 is 0 Å². The number of carbonyl (C=O) groups is 3. The van der Waals surface area contributed by atoms with Crippen molar-refractivity contribution in [1.29, 1.82) is 0 Å². The fourth-order valence-electron chi connectivity index (χ4n) is 4.23. The molecule has 37 heavy (non-hydrogen) atoms. The summed E-state index contributed by atoms with van der Waals surface area (Å²) in [5, 5.41) is 2.69. The lowest BCUT2D eigenvalue weighted by molar-refractivity contribution is -0.151. The first-order chi connectivity index (χ1) is 17.7. The molecule has 1 atom stereocenters. The third-order valence-corrected chi connectivity index (χ3v) is 6.31. The van der Waals surface area contributed by atoms with E-state index in [4.69, 9.17) is 9.47 Å². The first kappa shape index (κ1) is 25.9. The molecule has 7 heteroatoms. The van der Waals surface area contributed by atoms with E-state index in [0.717, 1.165) is 22.4 Å². The standard InChI is InChI=1S/C30H32N2O5/c1-19(2)26-14-7-21(4)15-27(26)37-25-12-10-24(11-13-25)32-17-22(16-29(32)34)30(35)36-18-28(33)31-23-8-5-20(3)6-9-23/h5-15,19,22H,16-18H2,1-4H3,(H,31,33)/t22-/m0/s1. The second-order valence-corrected chi connectivity index (χ2v) is 9.72. The SMILES string of the molecule is Cc1ccc(NC(=O)COC(=O)[C@H]2CC(=O)N(c3ccc(Oc4cc(C)ccc4C(C)C)cc3)C2)cc1. The summed E-state index contributed by atoms with van der Waals surface area (Å²) in [6.45, 7) is 8.02. The summed E-state index contributed by atoms with van der Waals surface area (Å²) >= 11 is 0. The van der Waals surface area contributed by atoms with Gasteiger partial charge in [0.2, 0.25) is 5.91 Å². The molecule has 3 aromatic rings. The Hall–Kier alpha value is -4.13.